The molecule has 0 aliphatic carbocycles. The first-order chi connectivity index (χ1) is 38.8. The molecule has 0 N–H and O–H groups in total. The molecule has 1 aromatic heterocycles. The van der Waals surface area contributed by atoms with Crippen molar-refractivity contribution in [3.63, 3.8) is 0 Å². The van der Waals surface area contributed by atoms with Crippen molar-refractivity contribution < 1.29 is 0 Å². The molecule has 0 bridgehead atoms. The molecule has 11 aromatic carbocycles. The first kappa shape index (κ1) is 44.8. The van der Waals surface area contributed by atoms with E-state index in [9.17, 15) is 0 Å². The van der Waals surface area contributed by atoms with Crippen LogP contribution in [0.2, 0.25) is 0 Å². The van der Waals surface area contributed by atoms with E-state index in [1.807, 2.05) is 18.5 Å². The van der Waals surface area contributed by atoms with Gasteiger partial charge in [0, 0.05) is 29.5 Å². The molecule has 0 unspecified atom stereocenters. The second kappa shape index (κ2) is 18.6. The van der Waals surface area contributed by atoms with Gasteiger partial charge in [-0.2, -0.15) is 0 Å². The van der Waals surface area contributed by atoms with Crippen molar-refractivity contribution in [2.75, 3.05) is 29.4 Å². The summed E-state index contributed by atoms with van der Waals surface area (Å²) in [7, 11) is 0. The van der Waals surface area contributed by atoms with Gasteiger partial charge >= 0.3 is 0 Å². The number of para-hydroxylation sites is 15. The Kier molecular flexibility index (Phi) is 10.7. The van der Waals surface area contributed by atoms with E-state index in [1.165, 1.54) is 0 Å². The quantitative estimate of drug-likeness (QED) is 0.150. The average molecular weight is 1000 g/mol. The maximum absolute atomic E-state index is 4.47. The molecule has 4 heterocycles. The minimum atomic E-state index is 1.00. The molecule has 3 aliphatic rings. The van der Waals surface area contributed by atoms with Crippen molar-refractivity contribution in [2.24, 2.45) is 0 Å². The number of nitrogens with zero attached hydrogens (tertiary/aromatic N) is 7. The molecule has 3 aliphatic heterocycles. The monoisotopic (exact) mass is 999 g/mol. The van der Waals surface area contributed by atoms with E-state index in [0.29, 0.717) is 0 Å². The number of anilines is 18. The van der Waals surface area contributed by atoms with Crippen LogP contribution in [-0.4, -0.2) is 4.98 Å². The maximum atomic E-state index is 4.47. The molecule has 7 heteroatoms. The van der Waals surface area contributed by atoms with Crippen LogP contribution < -0.4 is 29.4 Å². The van der Waals surface area contributed by atoms with Gasteiger partial charge in [0.1, 0.15) is 0 Å². The molecule has 0 amide bonds. The Labute approximate surface area is 454 Å². The molecule has 78 heavy (non-hydrogen) atoms. The number of pyridine rings is 1. The van der Waals surface area contributed by atoms with Crippen LogP contribution in [-0.2, 0) is 0 Å². The zero-order chi connectivity index (χ0) is 51.5. The summed E-state index contributed by atoms with van der Waals surface area (Å²) >= 11 is 0. The smallest absolute Gasteiger partial charge is 0.0948 e. The van der Waals surface area contributed by atoms with E-state index in [4.69, 9.17) is 0 Å². The third-order valence-corrected chi connectivity index (χ3v) is 15.2. The first-order valence-electron chi connectivity index (χ1n) is 26.5. The summed E-state index contributed by atoms with van der Waals surface area (Å²) in [6.07, 6.45) is 3.76. The zero-order valence-electron chi connectivity index (χ0n) is 42.4. The first-order valence-corrected chi connectivity index (χ1v) is 26.5. The van der Waals surface area contributed by atoms with Gasteiger partial charge in [0.15, 0.2) is 0 Å². The summed E-state index contributed by atoms with van der Waals surface area (Å²) in [5.41, 5.74) is 23.3. The Morgan fingerprint density at radius 2 is 0.462 bits per heavy atom. The predicted molar refractivity (Wildman–Crippen MR) is 324 cm³/mol. The Morgan fingerprint density at radius 1 is 0.192 bits per heavy atom. The van der Waals surface area contributed by atoms with Crippen LogP contribution in [0.3, 0.4) is 0 Å². The Balaban J connectivity index is 1.09. The van der Waals surface area contributed by atoms with Gasteiger partial charge in [0.05, 0.1) is 85.3 Å². The van der Waals surface area contributed by atoms with E-state index in [2.05, 4.69) is 313 Å². The van der Waals surface area contributed by atoms with Crippen molar-refractivity contribution in [2.45, 2.75) is 0 Å². The van der Waals surface area contributed by atoms with Gasteiger partial charge in [0.2, 0.25) is 0 Å². The van der Waals surface area contributed by atoms with E-state index in [1.54, 1.807) is 0 Å². The van der Waals surface area contributed by atoms with Gasteiger partial charge in [-0.3, -0.25) is 4.98 Å². The van der Waals surface area contributed by atoms with Gasteiger partial charge in [-0.25, -0.2) is 0 Å². The topological polar surface area (TPSA) is 32.3 Å². The molecule has 0 fully saturated rings. The number of hydrogen-bond acceptors (Lipinski definition) is 7. The summed E-state index contributed by atoms with van der Waals surface area (Å²) in [5, 5.41) is 0. The fraction of sp³-hybridized carbons (Fsp3) is 0. The molecule has 0 saturated heterocycles. The van der Waals surface area contributed by atoms with Crippen LogP contribution in [0.5, 0.6) is 0 Å². The highest BCUT2D eigenvalue weighted by atomic mass is 15.3. The summed E-state index contributed by atoms with van der Waals surface area (Å²) < 4.78 is 0. The summed E-state index contributed by atoms with van der Waals surface area (Å²) in [4.78, 5) is 19.3. The highest BCUT2D eigenvalue weighted by Gasteiger charge is 2.40. The fourth-order valence-corrected chi connectivity index (χ4v) is 11.9. The Morgan fingerprint density at radius 3 is 0.756 bits per heavy atom. The second-order valence-corrected chi connectivity index (χ2v) is 19.6. The third-order valence-electron chi connectivity index (χ3n) is 15.2. The van der Waals surface area contributed by atoms with Crippen molar-refractivity contribution in [1.29, 1.82) is 0 Å². The van der Waals surface area contributed by atoms with Crippen molar-refractivity contribution in [3.8, 4) is 22.3 Å². The summed E-state index contributed by atoms with van der Waals surface area (Å²) in [6, 6.07) is 103. The number of rotatable bonds is 8. The van der Waals surface area contributed by atoms with E-state index in [0.717, 1.165) is 125 Å². The molecule has 7 nitrogen and oxygen atoms in total. The Bertz CT molecular complexity index is 3890. The molecular formula is C71H49N7. The van der Waals surface area contributed by atoms with Crippen molar-refractivity contribution >= 4 is 102 Å². The van der Waals surface area contributed by atoms with Crippen LogP contribution in [0.4, 0.5) is 102 Å². The lowest BCUT2D eigenvalue weighted by Gasteiger charge is -2.46. The normalized spacial score (nSPS) is 13.0. The summed E-state index contributed by atoms with van der Waals surface area (Å²) in [5.74, 6) is 0. The van der Waals surface area contributed by atoms with Crippen LogP contribution in [0.15, 0.2) is 298 Å². The number of aromatic nitrogens is 1. The van der Waals surface area contributed by atoms with Gasteiger partial charge < -0.3 is 29.4 Å². The molecule has 15 rings (SSSR count). The molecule has 0 radical (unpaired) electrons. The third kappa shape index (κ3) is 7.24. The van der Waals surface area contributed by atoms with E-state index >= 15 is 0 Å². The van der Waals surface area contributed by atoms with Crippen LogP contribution >= 0.6 is 0 Å². The van der Waals surface area contributed by atoms with Crippen molar-refractivity contribution in [1.82, 2.24) is 4.98 Å². The molecule has 12 aromatic rings. The molecule has 0 spiro atoms. The van der Waals surface area contributed by atoms with Gasteiger partial charge in [-0.15, -0.1) is 0 Å². The standard InChI is InChI=1S/C71H49N7/c1-4-24-54(25-5-1)73-57-30-10-16-36-63(57)76(64-37-17-11-31-58(64)73)69-47-53(51-44-42-50(43-45-51)52-23-22-46-72-49-52)48-70(77-65-38-18-12-32-59(65)74(55-26-6-2-7-27-55)60-33-13-19-39-66(60)77)71(69)78-67-40-20-14-34-61(67)75(56-28-8-3-9-29-56)62-35-15-21-41-68(62)78/h1-49H. The fourth-order valence-electron chi connectivity index (χ4n) is 11.9. The second-order valence-electron chi connectivity index (χ2n) is 19.6. The van der Waals surface area contributed by atoms with Crippen LogP contribution in [0, 0.1) is 0 Å². The number of fused-ring (bicyclic) bond motifs is 6. The lowest BCUT2D eigenvalue weighted by molar-refractivity contribution is 1.12. The van der Waals surface area contributed by atoms with Crippen molar-refractivity contribution in [3.05, 3.63) is 298 Å². The molecule has 0 atom stereocenters. The lowest BCUT2D eigenvalue weighted by Crippen LogP contribution is -2.30. The van der Waals surface area contributed by atoms with Crippen LogP contribution in [0.25, 0.3) is 22.3 Å². The maximum Gasteiger partial charge on any atom is 0.0948 e. The summed E-state index contributed by atoms with van der Waals surface area (Å²) in [6.45, 7) is 0. The van der Waals surface area contributed by atoms with Crippen LogP contribution in [0.1, 0.15) is 0 Å². The average Bonchev–Trinajstić information content (AvgIpc) is 3.56. The Hall–Kier alpha value is -10.6. The van der Waals surface area contributed by atoms with Gasteiger partial charge in [-0.1, -0.05) is 158 Å². The van der Waals surface area contributed by atoms with Gasteiger partial charge in [0.25, 0.3) is 0 Å². The van der Waals surface area contributed by atoms with Gasteiger partial charge in [-0.05, 0) is 150 Å². The van der Waals surface area contributed by atoms with E-state index in [-0.39, 0.29) is 0 Å². The largest absolute Gasteiger partial charge is 0.306 e. The molecular weight excluding hydrogens is 951 g/mol. The minimum Gasteiger partial charge on any atom is -0.306 e. The zero-order valence-corrected chi connectivity index (χ0v) is 42.4. The molecule has 368 valence electrons. The number of hydrogen-bond donors (Lipinski definition) is 0. The highest BCUT2D eigenvalue weighted by Crippen LogP contribution is 2.65. The number of benzene rings is 11. The van der Waals surface area contributed by atoms with E-state index < -0.39 is 0 Å². The lowest BCUT2D eigenvalue weighted by atomic mass is 9.95. The SMILES string of the molecule is c1ccc(N2c3ccccc3N(c3cc(-c4ccc(-c5cccnc5)cc4)cc(N4c5ccccc5N(c5ccccc5)c5ccccc54)c3N3c4ccccc4N(c4ccccc4)c4ccccc43)c3ccccc32)cc1. The molecule has 0 saturated carbocycles. The predicted octanol–water partition coefficient (Wildman–Crippen LogP) is 20.2. The highest BCUT2D eigenvalue weighted by molar-refractivity contribution is 6.14. The minimum absolute atomic E-state index is 1.00.